The van der Waals surface area contributed by atoms with Crippen LogP contribution >= 0.6 is 22.9 Å². The molecule has 2 aromatic rings. The van der Waals surface area contributed by atoms with E-state index in [1.807, 2.05) is 16.3 Å². The third-order valence-corrected chi connectivity index (χ3v) is 6.00. The molecule has 26 heavy (non-hydrogen) atoms. The Balaban J connectivity index is 1.78. The molecule has 5 nitrogen and oxygen atoms in total. The van der Waals surface area contributed by atoms with Crippen LogP contribution in [0, 0.1) is 5.41 Å². The summed E-state index contributed by atoms with van der Waals surface area (Å²) < 4.78 is 0. The second kappa shape index (κ2) is 7.39. The summed E-state index contributed by atoms with van der Waals surface area (Å²) in [4.78, 5) is 27.6. The predicted molar refractivity (Wildman–Crippen MR) is 106 cm³/mol. The highest BCUT2D eigenvalue weighted by molar-refractivity contribution is 7.12. The number of benzene rings is 1. The Bertz CT molecular complexity index is 820. The van der Waals surface area contributed by atoms with Crippen molar-refractivity contribution in [3.05, 3.63) is 51.2 Å². The molecular formula is C19H22ClN3O2S. The van der Waals surface area contributed by atoms with Gasteiger partial charge in [0.15, 0.2) is 0 Å². The number of carbonyl (C=O) groups excluding carboxylic acids is 2. The number of thiophene rings is 1. The number of nitrogens with zero attached hydrogens (tertiary/aromatic N) is 1. The van der Waals surface area contributed by atoms with Crippen molar-refractivity contribution < 1.29 is 9.59 Å². The fraction of sp³-hybridized carbons (Fsp3) is 0.368. The number of anilines is 1. The summed E-state index contributed by atoms with van der Waals surface area (Å²) in [6.45, 7) is 5.38. The predicted octanol–water partition coefficient (Wildman–Crippen LogP) is 3.85. The van der Waals surface area contributed by atoms with Crippen LogP contribution in [-0.2, 0) is 0 Å². The van der Waals surface area contributed by atoms with Gasteiger partial charge in [0, 0.05) is 24.7 Å². The van der Waals surface area contributed by atoms with Crippen LogP contribution in [0.5, 0.6) is 0 Å². The number of rotatable bonds is 3. The molecule has 1 atom stereocenters. The normalized spacial score (nSPS) is 19.2. The van der Waals surface area contributed by atoms with Crippen molar-refractivity contribution >= 4 is 40.4 Å². The molecule has 3 rings (SSSR count). The number of hydrogen-bond donors (Lipinski definition) is 2. The van der Waals surface area contributed by atoms with Crippen LogP contribution in [0.15, 0.2) is 35.7 Å². The molecule has 2 heterocycles. The summed E-state index contributed by atoms with van der Waals surface area (Å²) in [5.41, 5.74) is 6.96. The van der Waals surface area contributed by atoms with Gasteiger partial charge in [-0.2, -0.15) is 0 Å². The minimum Gasteiger partial charge on any atom is -0.338 e. The maximum Gasteiger partial charge on any atom is 0.265 e. The van der Waals surface area contributed by atoms with Crippen molar-refractivity contribution in [1.29, 1.82) is 0 Å². The maximum atomic E-state index is 12.9. The molecule has 1 aliphatic heterocycles. The molecule has 0 spiro atoms. The second-order valence-electron chi connectivity index (χ2n) is 7.24. The van der Waals surface area contributed by atoms with Gasteiger partial charge in [-0.25, -0.2) is 0 Å². The summed E-state index contributed by atoms with van der Waals surface area (Å²) in [5.74, 6) is -0.315. The molecule has 1 fully saturated rings. The van der Waals surface area contributed by atoms with Crippen LogP contribution in [0.4, 0.5) is 5.69 Å². The highest BCUT2D eigenvalue weighted by Crippen LogP contribution is 2.30. The van der Waals surface area contributed by atoms with Crippen LogP contribution in [0.2, 0.25) is 5.02 Å². The van der Waals surface area contributed by atoms with Crippen LogP contribution in [0.1, 0.15) is 40.3 Å². The van der Waals surface area contributed by atoms with Gasteiger partial charge in [-0.05, 0) is 41.5 Å². The van der Waals surface area contributed by atoms with Crippen LogP contribution in [-0.4, -0.2) is 35.8 Å². The minimum absolute atomic E-state index is 0.0757. The first-order valence-electron chi connectivity index (χ1n) is 8.47. The first kappa shape index (κ1) is 18.9. The molecule has 1 aromatic carbocycles. The Labute approximate surface area is 162 Å². The maximum absolute atomic E-state index is 12.9. The molecule has 0 saturated carbocycles. The van der Waals surface area contributed by atoms with E-state index in [9.17, 15) is 9.59 Å². The third kappa shape index (κ3) is 3.92. The van der Waals surface area contributed by atoms with Crippen molar-refractivity contribution in [1.82, 2.24) is 4.90 Å². The van der Waals surface area contributed by atoms with E-state index in [2.05, 4.69) is 19.2 Å². The van der Waals surface area contributed by atoms with Gasteiger partial charge in [0.25, 0.3) is 11.8 Å². The summed E-state index contributed by atoms with van der Waals surface area (Å²) in [5, 5.41) is 5.01. The summed E-state index contributed by atoms with van der Waals surface area (Å²) in [6, 6.07) is 8.59. The van der Waals surface area contributed by atoms with Crippen molar-refractivity contribution in [3.63, 3.8) is 0 Å². The summed E-state index contributed by atoms with van der Waals surface area (Å²) >= 11 is 7.55. The Morgan fingerprint density at radius 3 is 2.77 bits per heavy atom. The van der Waals surface area contributed by atoms with Gasteiger partial charge in [0.2, 0.25) is 0 Å². The Hall–Kier alpha value is -1.89. The molecule has 7 heteroatoms. The van der Waals surface area contributed by atoms with E-state index in [-0.39, 0.29) is 23.3 Å². The van der Waals surface area contributed by atoms with Gasteiger partial charge in [0.05, 0.1) is 15.6 Å². The van der Waals surface area contributed by atoms with E-state index in [4.69, 9.17) is 17.3 Å². The average Bonchev–Trinajstić information content (AvgIpc) is 3.13. The number of nitrogens with two attached hydrogens (primary N) is 1. The minimum atomic E-state index is -0.239. The highest BCUT2D eigenvalue weighted by atomic mass is 35.5. The lowest BCUT2D eigenvalue weighted by atomic mass is 9.79. The van der Waals surface area contributed by atoms with Crippen LogP contribution in [0.25, 0.3) is 0 Å². The van der Waals surface area contributed by atoms with Gasteiger partial charge in [-0.3, -0.25) is 9.59 Å². The standard InChI is InChI=1S/C19H22ClN3O2S/c1-19(2)11-23(8-7-16(19)21)18(25)12-5-6-13(20)14(10-12)22-17(24)15-4-3-9-26-15/h3-6,9-10,16H,7-8,11,21H2,1-2H3,(H,22,24). The third-order valence-electron chi connectivity index (χ3n) is 4.81. The van der Waals surface area contributed by atoms with Gasteiger partial charge in [-0.1, -0.05) is 31.5 Å². The molecule has 1 aliphatic rings. The number of amides is 2. The van der Waals surface area contributed by atoms with E-state index in [0.717, 1.165) is 6.42 Å². The molecule has 1 unspecified atom stereocenters. The lowest BCUT2D eigenvalue weighted by Crippen LogP contribution is -2.54. The number of nitrogens with one attached hydrogen (secondary N) is 1. The lowest BCUT2D eigenvalue weighted by molar-refractivity contribution is 0.0533. The zero-order valence-electron chi connectivity index (χ0n) is 14.8. The molecule has 2 amide bonds. The average molecular weight is 392 g/mol. The van der Waals surface area contributed by atoms with E-state index in [1.54, 1.807) is 24.3 Å². The molecule has 138 valence electrons. The molecule has 1 aromatic heterocycles. The van der Waals surface area contributed by atoms with Crippen molar-refractivity contribution in [2.75, 3.05) is 18.4 Å². The fourth-order valence-electron chi connectivity index (χ4n) is 3.08. The number of carbonyl (C=O) groups is 2. The quantitative estimate of drug-likeness (QED) is 0.834. The topological polar surface area (TPSA) is 75.4 Å². The van der Waals surface area contributed by atoms with Crippen molar-refractivity contribution in [2.24, 2.45) is 11.1 Å². The SMILES string of the molecule is CC1(C)CN(C(=O)c2ccc(Cl)c(NC(=O)c3cccs3)c2)CCC1N. The molecule has 0 aliphatic carbocycles. The molecule has 3 N–H and O–H groups in total. The van der Waals surface area contributed by atoms with E-state index >= 15 is 0 Å². The largest absolute Gasteiger partial charge is 0.338 e. The smallest absolute Gasteiger partial charge is 0.265 e. The molecule has 1 saturated heterocycles. The lowest BCUT2D eigenvalue weighted by Gasteiger charge is -2.42. The van der Waals surface area contributed by atoms with E-state index in [1.165, 1.54) is 11.3 Å². The monoisotopic (exact) mass is 391 g/mol. The van der Waals surface area contributed by atoms with Crippen molar-refractivity contribution in [2.45, 2.75) is 26.3 Å². The Kier molecular flexibility index (Phi) is 5.37. The van der Waals surface area contributed by atoms with Crippen LogP contribution in [0.3, 0.4) is 0 Å². The van der Waals surface area contributed by atoms with Crippen molar-refractivity contribution in [3.8, 4) is 0 Å². The van der Waals surface area contributed by atoms with E-state index in [0.29, 0.717) is 34.2 Å². The van der Waals surface area contributed by atoms with Gasteiger partial charge in [-0.15, -0.1) is 11.3 Å². The molecular weight excluding hydrogens is 370 g/mol. The molecule has 0 bridgehead atoms. The van der Waals surface area contributed by atoms with Gasteiger partial charge >= 0.3 is 0 Å². The zero-order valence-corrected chi connectivity index (χ0v) is 16.4. The second-order valence-corrected chi connectivity index (χ2v) is 8.59. The van der Waals surface area contributed by atoms with E-state index < -0.39 is 0 Å². The number of halogens is 1. The Morgan fingerprint density at radius 2 is 2.12 bits per heavy atom. The van der Waals surface area contributed by atoms with Gasteiger partial charge in [0.1, 0.15) is 0 Å². The highest BCUT2D eigenvalue weighted by Gasteiger charge is 2.35. The summed E-state index contributed by atoms with van der Waals surface area (Å²) in [6.07, 6.45) is 0.772. The Morgan fingerprint density at radius 1 is 1.35 bits per heavy atom. The summed E-state index contributed by atoms with van der Waals surface area (Å²) in [7, 11) is 0. The zero-order chi connectivity index (χ0) is 18.9. The number of piperidine rings is 1. The first-order valence-corrected chi connectivity index (χ1v) is 9.73. The fourth-order valence-corrected chi connectivity index (χ4v) is 3.86. The number of likely N-dealkylation sites (tertiary alicyclic amines) is 1. The van der Waals surface area contributed by atoms with Gasteiger partial charge < -0.3 is 16.0 Å². The molecule has 0 radical (unpaired) electrons. The first-order chi connectivity index (χ1) is 12.3. The number of hydrogen-bond acceptors (Lipinski definition) is 4. The van der Waals surface area contributed by atoms with Crippen LogP contribution < -0.4 is 11.1 Å².